The van der Waals surface area contributed by atoms with E-state index in [0.29, 0.717) is 35.3 Å². The predicted molar refractivity (Wildman–Crippen MR) is 107 cm³/mol. The van der Waals surface area contributed by atoms with Gasteiger partial charge < -0.3 is 24.8 Å². The number of carbonyl (C=O) groups excluding carboxylic acids is 1. The highest BCUT2D eigenvalue weighted by atomic mass is 16.5. The van der Waals surface area contributed by atoms with Crippen LogP contribution in [-0.4, -0.2) is 42.2 Å². The van der Waals surface area contributed by atoms with E-state index in [9.17, 15) is 4.79 Å². The summed E-state index contributed by atoms with van der Waals surface area (Å²) in [7, 11) is 4.62. The lowest BCUT2D eigenvalue weighted by molar-refractivity contribution is 0.0945. The Balaban J connectivity index is 1.68. The topological polar surface area (TPSA) is 107 Å². The van der Waals surface area contributed by atoms with E-state index >= 15 is 0 Å². The van der Waals surface area contributed by atoms with Crippen molar-refractivity contribution in [1.29, 1.82) is 0 Å². The molecule has 9 heteroatoms. The number of benzene rings is 1. The van der Waals surface area contributed by atoms with Crippen LogP contribution in [0, 0.1) is 0 Å². The van der Waals surface area contributed by atoms with Crippen LogP contribution < -0.4 is 24.8 Å². The van der Waals surface area contributed by atoms with Gasteiger partial charge in [0.05, 0.1) is 33.7 Å². The van der Waals surface area contributed by atoms with Gasteiger partial charge in [0.15, 0.2) is 11.5 Å². The van der Waals surface area contributed by atoms with Crippen molar-refractivity contribution in [2.45, 2.75) is 6.54 Å². The van der Waals surface area contributed by atoms with Gasteiger partial charge in [-0.05, 0) is 11.6 Å². The second-order valence-electron chi connectivity index (χ2n) is 5.87. The average molecular weight is 395 g/mol. The minimum atomic E-state index is -0.319. The van der Waals surface area contributed by atoms with E-state index in [4.69, 9.17) is 14.2 Å². The lowest BCUT2D eigenvalue weighted by Crippen LogP contribution is -2.24. The fraction of sp³-hybridized carbons (Fsp3) is 0.200. The Morgan fingerprint density at radius 1 is 1.00 bits per heavy atom. The Labute approximate surface area is 168 Å². The van der Waals surface area contributed by atoms with Gasteiger partial charge in [-0.15, -0.1) is 0 Å². The number of rotatable bonds is 8. The first-order valence-electron chi connectivity index (χ1n) is 8.70. The van der Waals surface area contributed by atoms with Gasteiger partial charge in [-0.1, -0.05) is 6.07 Å². The van der Waals surface area contributed by atoms with E-state index in [1.165, 1.54) is 19.5 Å². The number of nitrogens with zero attached hydrogens (tertiary/aromatic N) is 3. The first-order chi connectivity index (χ1) is 14.1. The molecule has 0 spiro atoms. The molecular formula is C20H21N5O4. The third kappa shape index (κ3) is 4.89. The maximum atomic E-state index is 12.2. The minimum Gasteiger partial charge on any atom is -0.493 e. The number of pyridine rings is 1. The SMILES string of the molecule is COc1cc(Nc2cnc(C(=O)NCc3cccnc3)cn2)cc(OC)c1OC. The van der Waals surface area contributed by atoms with Crippen molar-refractivity contribution in [2.24, 2.45) is 0 Å². The zero-order valence-corrected chi connectivity index (χ0v) is 16.3. The molecule has 1 amide bonds. The molecule has 0 atom stereocenters. The standard InChI is InChI=1S/C20H21N5O4/c1-27-16-7-14(8-17(28-2)19(16)29-3)25-18-12-22-15(11-23-18)20(26)24-10-13-5-4-6-21-9-13/h4-9,11-12H,10H2,1-3H3,(H,23,25)(H,24,26). The molecule has 1 aromatic carbocycles. The maximum Gasteiger partial charge on any atom is 0.271 e. The summed E-state index contributed by atoms with van der Waals surface area (Å²) in [6.45, 7) is 0.361. The third-order valence-corrected chi connectivity index (χ3v) is 4.00. The Kier molecular flexibility index (Phi) is 6.41. The van der Waals surface area contributed by atoms with Crippen LogP contribution in [0.3, 0.4) is 0 Å². The molecule has 0 radical (unpaired) electrons. The molecule has 29 heavy (non-hydrogen) atoms. The van der Waals surface area contributed by atoms with E-state index in [2.05, 4.69) is 25.6 Å². The number of carbonyl (C=O) groups is 1. The summed E-state index contributed by atoms with van der Waals surface area (Å²) in [5.41, 5.74) is 1.78. The third-order valence-electron chi connectivity index (χ3n) is 4.00. The molecule has 3 rings (SSSR count). The molecule has 9 nitrogen and oxygen atoms in total. The normalized spacial score (nSPS) is 10.2. The highest BCUT2D eigenvalue weighted by Gasteiger charge is 2.14. The fourth-order valence-corrected chi connectivity index (χ4v) is 2.59. The van der Waals surface area contributed by atoms with Gasteiger partial charge in [0.2, 0.25) is 5.75 Å². The van der Waals surface area contributed by atoms with Crippen LogP contribution in [0.25, 0.3) is 0 Å². The quantitative estimate of drug-likeness (QED) is 0.599. The molecule has 3 aromatic rings. The van der Waals surface area contributed by atoms with E-state index in [1.54, 1.807) is 38.7 Å². The highest BCUT2D eigenvalue weighted by molar-refractivity contribution is 5.92. The molecule has 0 saturated heterocycles. The van der Waals surface area contributed by atoms with Crippen molar-refractivity contribution in [2.75, 3.05) is 26.6 Å². The van der Waals surface area contributed by atoms with Crippen molar-refractivity contribution < 1.29 is 19.0 Å². The molecule has 150 valence electrons. The van der Waals surface area contributed by atoms with Crippen molar-refractivity contribution in [3.05, 3.63) is 60.3 Å². The zero-order chi connectivity index (χ0) is 20.6. The number of amides is 1. The molecule has 0 bridgehead atoms. The number of aromatic nitrogens is 3. The van der Waals surface area contributed by atoms with E-state index in [-0.39, 0.29) is 11.6 Å². The molecule has 0 fully saturated rings. The van der Waals surface area contributed by atoms with E-state index in [1.807, 2.05) is 12.1 Å². The molecule has 2 heterocycles. The van der Waals surface area contributed by atoms with Gasteiger partial charge in [-0.3, -0.25) is 9.78 Å². The monoisotopic (exact) mass is 395 g/mol. The lowest BCUT2D eigenvalue weighted by Gasteiger charge is -2.14. The van der Waals surface area contributed by atoms with Crippen molar-refractivity contribution in [3.63, 3.8) is 0 Å². The smallest absolute Gasteiger partial charge is 0.271 e. The van der Waals surface area contributed by atoms with Gasteiger partial charge in [0, 0.05) is 36.8 Å². The summed E-state index contributed by atoms with van der Waals surface area (Å²) >= 11 is 0. The number of anilines is 2. The molecule has 2 aromatic heterocycles. The van der Waals surface area contributed by atoms with Crippen LogP contribution >= 0.6 is 0 Å². The van der Waals surface area contributed by atoms with Gasteiger partial charge >= 0.3 is 0 Å². The number of methoxy groups -OCH3 is 3. The van der Waals surface area contributed by atoms with Gasteiger partial charge in [0.1, 0.15) is 11.5 Å². The fourth-order valence-electron chi connectivity index (χ4n) is 2.59. The van der Waals surface area contributed by atoms with E-state index < -0.39 is 0 Å². The second-order valence-corrected chi connectivity index (χ2v) is 5.87. The zero-order valence-electron chi connectivity index (χ0n) is 16.3. The van der Waals surface area contributed by atoms with Crippen molar-refractivity contribution >= 4 is 17.4 Å². The maximum absolute atomic E-state index is 12.2. The average Bonchev–Trinajstić information content (AvgIpc) is 2.77. The molecule has 0 aliphatic heterocycles. The van der Waals surface area contributed by atoms with Crippen LogP contribution in [0.4, 0.5) is 11.5 Å². The van der Waals surface area contributed by atoms with Crippen LogP contribution in [0.1, 0.15) is 16.1 Å². The first kappa shape index (κ1) is 19.9. The predicted octanol–water partition coefficient (Wildman–Crippen LogP) is 2.57. The number of nitrogens with one attached hydrogen (secondary N) is 2. The van der Waals surface area contributed by atoms with Gasteiger partial charge in [-0.2, -0.15) is 0 Å². The summed E-state index contributed by atoms with van der Waals surface area (Å²) in [6, 6.07) is 7.18. The number of ether oxygens (including phenoxy) is 3. The minimum absolute atomic E-state index is 0.212. The van der Waals surface area contributed by atoms with Gasteiger partial charge in [-0.25, -0.2) is 9.97 Å². The lowest BCUT2D eigenvalue weighted by atomic mass is 10.2. The number of hydrogen-bond donors (Lipinski definition) is 2. The van der Waals surface area contributed by atoms with Crippen LogP contribution in [0.15, 0.2) is 49.1 Å². The summed E-state index contributed by atoms with van der Waals surface area (Å²) in [5.74, 6) is 1.65. The Morgan fingerprint density at radius 3 is 2.31 bits per heavy atom. The Morgan fingerprint density at radius 2 is 1.76 bits per heavy atom. The summed E-state index contributed by atoms with van der Waals surface area (Å²) < 4.78 is 16.0. The van der Waals surface area contributed by atoms with E-state index in [0.717, 1.165) is 5.56 Å². The Bertz CT molecular complexity index is 939. The van der Waals surface area contributed by atoms with Crippen molar-refractivity contribution in [3.8, 4) is 17.2 Å². The van der Waals surface area contributed by atoms with Crippen molar-refractivity contribution in [1.82, 2.24) is 20.3 Å². The van der Waals surface area contributed by atoms with Crippen LogP contribution in [0.5, 0.6) is 17.2 Å². The molecule has 0 aliphatic carbocycles. The largest absolute Gasteiger partial charge is 0.493 e. The van der Waals surface area contributed by atoms with Crippen LogP contribution in [-0.2, 0) is 6.54 Å². The molecule has 0 aliphatic rings. The highest BCUT2D eigenvalue weighted by Crippen LogP contribution is 2.40. The summed E-state index contributed by atoms with van der Waals surface area (Å²) in [6.07, 6.45) is 6.24. The molecular weight excluding hydrogens is 374 g/mol. The summed E-state index contributed by atoms with van der Waals surface area (Å²) in [4.78, 5) is 24.6. The van der Waals surface area contributed by atoms with Crippen LogP contribution in [0.2, 0.25) is 0 Å². The number of hydrogen-bond acceptors (Lipinski definition) is 8. The van der Waals surface area contributed by atoms with Gasteiger partial charge in [0.25, 0.3) is 5.91 Å². The first-order valence-corrected chi connectivity index (χ1v) is 8.70. The second kappa shape index (κ2) is 9.36. The molecule has 0 unspecified atom stereocenters. The summed E-state index contributed by atoms with van der Waals surface area (Å²) in [5, 5.41) is 5.88. The molecule has 0 saturated carbocycles. The Hall–Kier alpha value is -3.88. The molecule has 2 N–H and O–H groups in total.